The smallest absolute Gasteiger partial charge is 0.0638 e. The van der Waals surface area contributed by atoms with E-state index in [9.17, 15) is 0 Å². The van der Waals surface area contributed by atoms with Gasteiger partial charge in [0.2, 0.25) is 0 Å². The first kappa shape index (κ1) is 8.98. The Labute approximate surface area is 79.7 Å². The Balaban J connectivity index is 1.89. The Hall–Kier alpha value is -0.590. The van der Waals surface area contributed by atoms with Gasteiger partial charge in [-0.1, -0.05) is 0 Å². The van der Waals surface area contributed by atoms with Crippen molar-refractivity contribution in [2.75, 3.05) is 13.1 Å². The molecule has 2 atom stereocenters. The highest BCUT2D eigenvalue weighted by atomic mass is 15.3. The average molecular weight is 179 g/mol. The van der Waals surface area contributed by atoms with Crippen LogP contribution in [0.25, 0.3) is 0 Å². The van der Waals surface area contributed by atoms with Crippen LogP contribution in [0.4, 0.5) is 0 Å². The van der Waals surface area contributed by atoms with Gasteiger partial charge in [-0.2, -0.15) is 5.26 Å². The predicted octanol–water partition coefficient (Wildman–Crippen LogP) is 0.725. The lowest BCUT2D eigenvalue weighted by Gasteiger charge is -2.36. The minimum Gasteiger partial charge on any atom is -0.308 e. The normalized spacial score (nSPS) is 35.7. The highest BCUT2D eigenvalue weighted by Crippen LogP contribution is 2.28. The van der Waals surface area contributed by atoms with Crippen molar-refractivity contribution < 1.29 is 0 Å². The Morgan fingerprint density at radius 3 is 2.85 bits per heavy atom. The third kappa shape index (κ3) is 2.20. The van der Waals surface area contributed by atoms with Crippen molar-refractivity contribution in [3.05, 3.63) is 0 Å². The molecule has 3 nitrogen and oxygen atoms in total. The van der Waals surface area contributed by atoms with Crippen LogP contribution in [0.15, 0.2) is 0 Å². The van der Waals surface area contributed by atoms with Crippen molar-refractivity contribution in [3.63, 3.8) is 0 Å². The molecule has 0 aromatic rings. The van der Waals surface area contributed by atoms with Gasteiger partial charge in [0.05, 0.1) is 12.5 Å². The van der Waals surface area contributed by atoms with Crippen LogP contribution in [0.2, 0.25) is 0 Å². The summed E-state index contributed by atoms with van der Waals surface area (Å²) in [5, 5.41) is 12.1. The van der Waals surface area contributed by atoms with E-state index in [1.54, 1.807) is 0 Å². The van der Waals surface area contributed by atoms with E-state index in [-0.39, 0.29) is 0 Å². The number of nitrogens with one attached hydrogen (secondary N) is 1. The Morgan fingerprint density at radius 1 is 1.46 bits per heavy atom. The van der Waals surface area contributed by atoms with Gasteiger partial charge in [0, 0.05) is 31.2 Å². The van der Waals surface area contributed by atoms with Gasteiger partial charge in [-0.3, -0.25) is 4.90 Å². The predicted molar refractivity (Wildman–Crippen MR) is 51.2 cm³/mol. The van der Waals surface area contributed by atoms with Gasteiger partial charge in [0.25, 0.3) is 0 Å². The van der Waals surface area contributed by atoms with Gasteiger partial charge in [-0.25, -0.2) is 0 Å². The van der Waals surface area contributed by atoms with Crippen LogP contribution in [0.3, 0.4) is 0 Å². The molecule has 1 aliphatic carbocycles. The van der Waals surface area contributed by atoms with E-state index >= 15 is 0 Å². The molecular weight excluding hydrogens is 162 g/mol. The van der Waals surface area contributed by atoms with Gasteiger partial charge in [0.15, 0.2) is 0 Å². The Bertz CT molecular complexity index is 217. The van der Waals surface area contributed by atoms with Crippen molar-refractivity contribution in [1.82, 2.24) is 10.2 Å². The maximum atomic E-state index is 8.64. The molecule has 2 rings (SSSR count). The molecule has 1 aliphatic heterocycles. The monoisotopic (exact) mass is 179 g/mol. The summed E-state index contributed by atoms with van der Waals surface area (Å²) < 4.78 is 0. The van der Waals surface area contributed by atoms with Gasteiger partial charge in [-0.05, 0) is 19.8 Å². The number of rotatable bonds is 2. The minimum absolute atomic E-state index is 0.398. The van der Waals surface area contributed by atoms with Crippen molar-refractivity contribution in [3.8, 4) is 6.07 Å². The van der Waals surface area contributed by atoms with Crippen LogP contribution in [0.5, 0.6) is 0 Å². The minimum atomic E-state index is 0.398. The van der Waals surface area contributed by atoms with Crippen LogP contribution < -0.4 is 5.32 Å². The molecule has 1 saturated heterocycles. The largest absolute Gasteiger partial charge is 0.308 e. The number of hydrogen-bond acceptors (Lipinski definition) is 3. The molecule has 1 heterocycles. The van der Waals surface area contributed by atoms with Crippen molar-refractivity contribution in [2.45, 2.75) is 44.3 Å². The molecule has 13 heavy (non-hydrogen) atoms. The van der Waals surface area contributed by atoms with E-state index in [0.717, 1.165) is 19.1 Å². The van der Waals surface area contributed by atoms with Gasteiger partial charge in [-0.15, -0.1) is 0 Å². The number of hydrogen-bond donors (Lipinski definition) is 1. The molecule has 1 N–H and O–H groups in total. The molecule has 2 unspecified atom stereocenters. The molecule has 0 spiro atoms. The fraction of sp³-hybridized carbons (Fsp3) is 0.900. The number of piperazine rings is 1. The second-order valence-corrected chi connectivity index (χ2v) is 4.31. The van der Waals surface area contributed by atoms with E-state index in [0.29, 0.717) is 18.5 Å². The van der Waals surface area contributed by atoms with E-state index < -0.39 is 0 Å². The van der Waals surface area contributed by atoms with Crippen LogP contribution in [0.1, 0.15) is 26.2 Å². The summed E-state index contributed by atoms with van der Waals surface area (Å²) in [6.45, 7) is 4.44. The third-order valence-corrected chi connectivity index (χ3v) is 2.88. The molecule has 72 valence electrons. The fourth-order valence-corrected chi connectivity index (χ4v) is 2.19. The van der Waals surface area contributed by atoms with Crippen LogP contribution in [-0.4, -0.2) is 36.1 Å². The van der Waals surface area contributed by atoms with Crippen molar-refractivity contribution in [1.29, 1.82) is 5.26 Å². The molecule has 0 bridgehead atoms. The van der Waals surface area contributed by atoms with Gasteiger partial charge >= 0.3 is 0 Å². The highest BCUT2D eigenvalue weighted by molar-refractivity contribution is 4.95. The van der Waals surface area contributed by atoms with E-state index in [4.69, 9.17) is 5.26 Å². The Morgan fingerprint density at radius 2 is 2.23 bits per heavy atom. The standard InChI is InChI=1S/C10H17N3/c1-8-6-13(10-2-3-10)7-9(12-8)4-5-11/h8-10,12H,2-4,6-7H2,1H3. The second-order valence-electron chi connectivity index (χ2n) is 4.31. The van der Waals surface area contributed by atoms with Crippen LogP contribution in [0, 0.1) is 11.3 Å². The van der Waals surface area contributed by atoms with Crippen molar-refractivity contribution in [2.24, 2.45) is 0 Å². The highest BCUT2D eigenvalue weighted by Gasteiger charge is 2.34. The molecule has 2 fully saturated rings. The third-order valence-electron chi connectivity index (χ3n) is 2.88. The van der Waals surface area contributed by atoms with E-state index in [1.165, 1.54) is 12.8 Å². The maximum absolute atomic E-state index is 8.64. The first-order valence-electron chi connectivity index (χ1n) is 5.16. The molecule has 2 aliphatic rings. The second kappa shape index (κ2) is 3.65. The zero-order valence-corrected chi connectivity index (χ0v) is 8.16. The van der Waals surface area contributed by atoms with Crippen molar-refractivity contribution >= 4 is 0 Å². The number of nitriles is 1. The maximum Gasteiger partial charge on any atom is 0.0638 e. The molecule has 0 aromatic heterocycles. The zero-order chi connectivity index (χ0) is 9.26. The molecule has 3 heteroatoms. The SMILES string of the molecule is CC1CN(C2CC2)CC(CC#N)N1. The zero-order valence-electron chi connectivity index (χ0n) is 8.16. The first-order chi connectivity index (χ1) is 6.29. The summed E-state index contributed by atoms with van der Waals surface area (Å²) in [6.07, 6.45) is 3.38. The van der Waals surface area contributed by atoms with E-state index in [1.807, 2.05) is 0 Å². The summed E-state index contributed by atoms with van der Waals surface area (Å²) >= 11 is 0. The van der Waals surface area contributed by atoms with Crippen LogP contribution >= 0.6 is 0 Å². The topological polar surface area (TPSA) is 39.1 Å². The quantitative estimate of drug-likeness (QED) is 0.679. The summed E-state index contributed by atoms with van der Waals surface area (Å²) in [4.78, 5) is 2.54. The first-order valence-corrected chi connectivity index (χ1v) is 5.16. The molecule has 1 saturated carbocycles. The molecule has 0 aromatic carbocycles. The average Bonchev–Trinajstić information content (AvgIpc) is 2.85. The lowest BCUT2D eigenvalue weighted by Crippen LogP contribution is -2.55. The number of nitrogens with zero attached hydrogens (tertiary/aromatic N) is 2. The molecule has 0 amide bonds. The summed E-state index contributed by atoms with van der Waals surface area (Å²) in [6, 6.07) is 4.03. The van der Waals surface area contributed by atoms with Gasteiger partial charge < -0.3 is 5.32 Å². The summed E-state index contributed by atoms with van der Waals surface area (Å²) in [5.74, 6) is 0. The fourth-order valence-electron chi connectivity index (χ4n) is 2.19. The summed E-state index contributed by atoms with van der Waals surface area (Å²) in [7, 11) is 0. The Kier molecular flexibility index (Phi) is 2.52. The summed E-state index contributed by atoms with van der Waals surface area (Å²) in [5.41, 5.74) is 0. The lowest BCUT2D eigenvalue weighted by molar-refractivity contribution is 0.160. The van der Waals surface area contributed by atoms with Gasteiger partial charge in [0.1, 0.15) is 0 Å². The molecule has 0 radical (unpaired) electrons. The van der Waals surface area contributed by atoms with Crippen LogP contribution in [-0.2, 0) is 0 Å². The lowest BCUT2D eigenvalue weighted by atomic mass is 10.1. The van der Waals surface area contributed by atoms with E-state index in [2.05, 4.69) is 23.2 Å². The molecular formula is C10H17N3.